The molecule has 0 aliphatic heterocycles. The molecule has 94 valence electrons. The van der Waals surface area contributed by atoms with Crippen molar-refractivity contribution in [3.05, 3.63) is 35.8 Å². The molecule has 0 saturated heterocycles. The van der Waals surface area contributed by atoms with E-state index in [9.17, 15) is 4.79 Å². The van der Waals surface area contributed by atoms with E-state index in [0.29, 0.717) is 5.69 Å². The molecule has 3 N–H and O–H groups in total. The number of carboxylic acids is 1. The van der Waals surface area contributed by atoms with Gasteiger partial charge in [-0.05, 0) is 18.1 Å². The first-order chi connectivity index (χ1) is 8.49. The lowest BCUT2D eigenvalue weighted by Gasteiger charge is -2.06. The molecule has 0 aliphatic rings. The molecule has 0 atom stereocenters. The predicted octanol–water partition coefficient (Wildman–Crippen LogP) is 1.67. The Morgan fingerprint density at radius 3 is 2.78 bits per heavy atom. The summed E-state index contributed by atoms with van der Waals surface area (Å²) in [4.78, 5) is 15.2. The number of rotatable bonds is 3. The number of carboxylic acid groups (broad SMARTS) is 1. The maximum atomic E-state index is 11.2. The van der Waals surface area contributed by atoms with Gasteiger partial charge in [-0.1, -0.05) is 13.8 Å². The fourth-order valence-electron chi connectivity index (χ4n) is 1.58. The Balaban J connectivity index is 2.52. The SMILES string of the molecule is CC(C)c1ccn(-c2ncc(N)cc2C(=O)O)n1. The number of nitrogen functional groups attached to an aromatic ring is 1. The molecule has 2 rings (SSSR count). The lowest BCUT2D eigenvalue weighted by molar-refractivity contribution is 0.0696. The number of anilines is 1. The Labute approximate surface area is 104 Å². The zero-order valence-electron chi connectivity index (χ0n) is 10.2. The monoisotopic (exact) mass is 246 g/mol. The van der Waals surface area contributed by atoms with Crippen LogP contribution >= 0.6 is 0 Å². The molecule has 6 nitrogen and oxygen atoms in total. The zero-order valence-corrected chi connectivity index (χ0v) is 10.2. The second kappa shape index (κ2) is 4.48. The van der Waals surface area contributed by atoms with Crippen molar-refractivity contribution in [1.29, 1.82) is 0 Å². The first-order valence-corrected chi connectivity index (χ1v) is 5.54. The minimum Gasteiger partial charge on any atom is -0.478 e. The molecule has 0 unspecified atom stereocenters. The van der Waals surface area contributed by atoms with Gasteiger partial charge in [0.1, 0.15) is 5.56 Å². The van der Waals surface area contributed by atoms with Crippen molar-refractivity contribution in [3.63, 3.8) is 0 Å². The van der Waals surface area contributed by atoms with Gasteiger partial charge in [0.15, 0.2) is 5.82 Å². The summed E-state index contributed by atoms with van der Waals surface area (Å²) in [6, 6.07) is 3.22. The van der Waals surface area contributed by atoms with Crippen molar-refractivity contribution < 1.29 is 9.90 Å². The second-order valence-electron chi connectivity index (χ2n) is 4.28. The molecule has 0 fully saturated rings. The van der Waals surface area contributed by atoms with E-state index in [1.165, 1.54) is 16.9 Å². The van der Waals surface area contributed by atoms with Crippen molar-refractivity contribution >= 4 is 11.7 Å². The number of carbonyl (C=O) groups is 1. The topological polar surface area (TPSA) is 94.0 Å². The molecular formula is C12H14N4O2. The van der Waals surface area contributed by atoms with Gasteiger partial charge in [0.25, 0.3) is 0 Å². The highest BCUT2D eigenvalue weighted by Crippen LogP contribution is 2.17. The van der Waals surface area contributed by atoms with Crippen LogP contribution in [0.1, 0.15) is 35.8 Å². The Hall–Kier alpha value is -2.37. The number of hydrogen-bond acceptors (Lipinski definition) is 4. The number of hydrogen-bond donors (Lipinski definition) is 2. The summed E-state index contributed by atoms with van der Waals surface area (Å²) in [5.41, 5.74) is 6.77. The van der Waals surface area contributed by atoms with Crippen LogP contribution in [0.25, 0.3) is 5.82 Å². The number of nitrogens with two attached hydrogens (primary N) is 1. The van der Waals surface area contributed by atoms with E-state index in [1.807, 2.05) is 19.9 Å². The van der Waals surface area contributed by atoms with Crippen LogP contribution in [0.3, 0.4) is 0 Å². The molecule has 0 aromatic carbocycles. The van der Waals surface area contributed by atoms with E-state index in [0.717, 1.165) is 5.69 Å². The molecule has 0 amide bonds. The Bertz CT molecular complexity index is 590. The summed E-state index contributed by atoms with van der Waals surface area (Å²) in [7, 11) is 0. The van der Waals surface area contributed by atoms with E-state index in [4.69, 9.17) is 10.8 Å². The van der Waals surface area contributed by atoms with Gasteiger partial charge >= 0.3 is 5.97 Å². The first kappa shape index (κ1) is 12.1. The minimum atomic E-state index is -1.08. The van der Waals surface area contributed by atoms with Gasteiger partial charge in [-0.25, -0.2) is 14.5 Å². The summed E-state index contributed by atoms with van der Waals surface area (Å²) in [5, 5.41) is 13.4. The van der Waals surface area contributed by atoms with E-state index in [2.05, 4.69) is 10.1 Å². The van der Waals surface area contributed by atoms with Crippen LogP contribution in [0.4, 0.5) is 5.69 Å². The number of aromatic nitrogens is 3. The van der Waals surface area contributed by atoms with Gasteiger partial charge in [0.2, 0.25) is 0 Å². The van der Waals surface area contributed by atoms with E-state index in [1.54, 1.807) is 6.20 Å². The molecular weight excluding hydrogens is 232 g/mol. The molecule has 0 aliphatic carbocycles. The van der Waals surface area contributed by atoms with Crippen molar-refractivity contribution in [2.75, 3.05) is 5.73 Å². The Morgan fingerprint density at radius 2 is 2.22 bits per heavy atom. The standard InChI is InChI=1S/C12H14N4O2/c1-7(2)10-3-4-16(15-10)11-9(12(17)18)5-8(13)6-14-11/h3-7H,13H2,1-2H3,(H,17,18). The van der Waals surface area contributed by atoms with Crippen LogP contribution in [0.2, 0.25) is 0 Å². The average Bonchev–Trinajstić information content (AvgIpc) is 2.78. The van der Waals surface area contributed by atoms with Crippen molar-refractivity contribution in [1.82, 2.24) is 14.8 Å². The van der Waals surface area contributed by atoms with Crippen molar-refractivity contribution in [2.45, 2.75) is 19.8 Å². The summed E-state index contributed by atoms with van der Waals surface area (Å²) in [5.74, 6) is -0.539. The normalized spacial score (nSPS) is 10.8. The van der Waals surface area contributed by atoms with Crippen LogP contribution in [0.5, 0.6) is 0 Å². The van der Waals surface area contributed by atoms with Crippen molar-refractivity contribution in [3.8, 4) is 5.82 Å². The first-order valence-electron chi connectivity index (χ1n) is 5.54. The highest BCUT2D eigenvalue weighted by Gasteiger charge is 2.15. The summed E-state index contributed by atoms with van der Waals surface area (Å²) in [6.45, 7) is 4.03. The third kappa shape index (κ3) is 2.17. The van der Waals surface area contributed by atoms with Crippen molar-refractivity contribution in [2.24, 2.45) is 0 Å². The third-order valence-corrected chi connectivity index (χ3v) is 2.54. The van der Waals surface area contributed by atoms with Gasteiger partial charge in [-0.15, -0.1) is 0 Å². The number of nitrogens with zero attached hydrogens (tertiary/aromatic N) is 3. The summed E-state index contributed by atoms with van der Waals surface area (Å²) < 4.78 is 1.46. The van der Waals surface area contributed by atoms with Crippen LogP contribution in [0, 0.1) is 0 Å². The fourth-order valence-corrected chi connectivity index (χ4v) is 1.58. The van der Waals surface area contributed by atoms with Crippen LogP contribution in [0.15, 0.2) is 24.5 Å². The van der Waals surface area contributed by atoms with Gasteiger partial charge in [-0.2, -0.15) is 5.10 Å². The molecule has 18 heavy (non-hydrogen) atoms. The average molecular weight is 246 g/mol. The lowest BCUT2D eigenvalue weighted by Crippen LogP contribution is -2.09. The van der Waals surface area contributed by atoms with E-state index >= 15 is 0 Å². The third-order valence-electron chi connectivity index (χ3n) is 2.54. The van der Waals surface area contributed by atoms with E-state index < -0.39 is 5.97 Å². The molecule has 2 heterocycles. The molecule has 0 radical (unpaired) electrons. The second-order valence-corrected chi connectivity index (χ2v) is 4.28. The summed E-state index contributed by atoms with van der Waals surface area (Å²) in [6.07, 6.45) is 3.11. The van der Waals surface area contributed by atoms with E-state index in [-0.39, 0.29) is 17.3 Å². The van der Waals surface area contributed by atoms with Crippen LogP contribution < -0.4 is 5.73 Å². The molecule has 2 aromatic rings. The lowest BCUT2D eigenvalue weighted by atomic mass is 10.1. The summed E-state index contributed by atoms with van der Waals surface area (Å²) >= 11 is 0. The quantitative estimate of drug-likeness (QED) is 0.859. The van der Waals surface area contributed by atoms with Gasteiger partial charge in [0, 0.05) is 6.20 Å². The minimum absolute atomic E-state index is 0.0356. The molecule has 0 bridgehead atoms. The molecule has 2 aromatic heterocycles. The van der Waals surface area contributed by atoms with Gasteiger partial charge in [-0.3, -0.25) is 0 Å². The highest BCUT2D eigenvalue weighted by atomic mass is 16.4. The zero-order chi connectivity index (χ0) is 13.3. The largest absolute Gasteiger partial charge is 0.478 e. The number of aromatic carboxylic acids is 1. The fraction of sp³-hybridized carbons (Fsp3) is 0.250. The molecule has 0 spiro atoms. The van der Waals surface area contributed by atoms with Gasteiger partial charge < -0.3 is 10.8 Å². The smallest absolute Gasteiger partial charge is 0.339 e. The number of pyridine rings is 1. The predicted molar refractivity (Wildman–Crippen MR) is 66.8 cm³/mol. The van der Waals surface area contributed by atoms with Crippen LogP contribution in [-0.2, 0) is 0 Å². The molecule has 6 heteroatoms. The maximum Gasteiger partial charge on any atom is 0.339 e. The molecule has 0 saturated carbocycles. The Kier molecular flexibility index (Phi) is 3.01. The van der Waals surface area contributed by atoms with Crippen LogP contribution in [-0.4, -0.2) is 25.8 Å². The highest BCUT2D eigenvalue weighted by molar-refractivity contribution is 5.92. The Morgan fingerprint density at radius 1 is 1.50 bits per heavy atom. The van der Waals surface area contributed by atoms with Gasteiger partial charge in [0.05, 0.1) is 17.6 Å². The maximum absolute atomic E-state index is 11.2.